The van der Waals surface area contributed by atoms with E-state index >= 15 is 0 Å². The highest BCUT2D eigenvalue weighted by Crippen LogP contribution is 2.07. The zero-order valence-corrected chi connectivity index (χ0v) is 9.82. The molecule has 0 aliphatic rings. The van der Waals surface area contributed by atoms with Gasteiger partial charge in [-0.3, -0.25) is 9.78 Å². The Hall–Kier alpha value is -2.10. The molecule has 0 unspecified atom stereocenters. The third kappa shape index (κ3) is 2.84. The summed E-state index contributed by atoms with van der Waals surface area (Å²) in [5.41, 5.74) is 5.23. The van der Waals surface area contributed by atoms with E-state index in [-0.39, 0.29) is 23.5 Å². The van der Waals surface area contributed by atoms with Gasteiger partial charge in [0.25, 0.3) is 5.56 Å². The Labute approximate surface area is 106 Å². The van der Waals surface area contributed by atoms with Crippen molar-refractivity contribution in [2.75, 3.05) is 12.3 Å². The summed E-state index contributed by atoms with van der Waals surface area (Å²) in [4.78, 5) is 25.6. The number of aromatic amines is 1. The van der Waals surface area contributed by atoms with Gasteiger partial charge in [0.15, 0.2) is 11.2 Å². The molecule has 2 heterocycles. The molecule has 0 amide bonds. The standard InChI is InChI=1S/C10H13N5O4/c11-10-14-8-7(9(19)15-10)13-4(2-12-8)1-5(17)6(18)3-16/h2,5-6,16-18H,1,3H2,(H3,11,12,14,15,19)/t5-,6-/m0/s1. The van der Waals surface area contributed by atoms with Gasteiger partial charge in [0.1, 0.15) is 6.10 Å². The van der Waals surface area contributed by atoms with Gasteiger partial charge in [-0.05, 0) is 0 Å². The molecule has 0 aliphatic carbocycles. The van der Waals surface area contributed by atoms with Gasteiger partial charge in [-0.15, -0.1) is 0 Å². The van der Waals surface area contributed by atoms with Crippen LogP contribution in [0.3, 0.4) is 0 Å². The molecule has 9 nitrogen and oxygen atoms in total. The highest BCUT2D eigenvalue weighted by Gasteiger charge is 2.17. The van der Waals surface area contributed by atoms with Crippen molar-refractivity contribution in [2.24, 2.45) is 0 Å². The highest BCUT2D eigenvalue weighted by molar-refractivity contribution is 5.69. The second-order valence-electron chi connectivity index (χ2n) is 4.01. The highest BCUT2D eigenvalue weighted by atomic mass is 16.4. The van der Waals surface area contributed by atoms with E-state index in [1.165, 1.54) is 6.20 Å². The van der Waals surface area contributed by atoms with Crippen molar-refractivity contribution in [2.45, 2.75) is 18.6 Å². The average Bonchev–Trinajstić information content (AvgIpc) is 2.38. The minimum atomic E-state index is -1.28. The maximum Gasteiger partial charge on any atom is 0.280 e. The number of nitrogen functional groups attached to an aromatic ring is 1. The first-order valence-electron chi connectivity index (χ1n) is 5.49. The molecule has 6 N–H and O–H groups in total. The monoisotopic (exact) mass is 267 g/mol. The van der Waals surface area contributed by atoms with Gasteiger partial charge in [0.2, 0.25) is 5.95 Å². The number of nitrogens with two attached hydrogens (primary N) is 1. The van der Waals surface area contributed by atoms with E-state index in [1.54, 1.807) is 0 Å². The third-order valence-corrected chi connectivity index (χ3v) is 2.54. The number of nitrogens with zero attached hydrogens (tertiary/aromatic N) is 3. The van der Waals surface area contributed by atoms with Crippen molar-refractivity contribution in [3.8, 4) is 0 Å². The van der Waals surface area contributed by atoms with E-state index in [4.69, 9.17) is 10.8 Å². The molecule has 0 bridgehead atoms. The van der Waals surface area contributed by atoms with Gasteiger partial charge in [-0.25, -0.2) is 9.97 Å². The van der Waals surface area contributed by atoms with Crippen LogP contribution >= 0.6 is 0 Å². The van der Waals surface area contributed by atoms with E-state index in [0.717, 1.165) is 0 Å². The molecule has 0 fully saturated rings. The number of rotatable bonds is 4. The Morgan fingerprint density at radius 3 is 2.74 bits per heavy atom. The second kappa shape index (κ2) is 5.26. The van der Waals surface area contributed by atoms with E-state index in [0.29, 0.717) is 5.69 Å². The Kier molecular flexibility index (Phi) is 3.69. The van der Waals surface area contributed by atoms with Crippen molar-refractivity contribution in [1.82, 2.24) is 19.9 Å². The van der Waals surface area contributed by atoms with Gasteiger partial charge in [-0.1, -0.05) is 0 Å². The van der Waals surface area contributed by atoms with Crippen LogP contribution in [0.5, 0.6) is 0 Å². The Morgan fingerprint density at radius 2 is 2.05 bits per heavy atom. The summed E-state index contributed by atoms with van der Waals surface area (Å²) in [6.07, 6.45) is -1.20. The first-order chi connectivity index (χ1) is 9.01. The zero-order chi connectivity index (χ0) is 14.0. The Balaban J connectivity index is 2.34. The van der Waals surface area contributed by atoms with Gasteiger partial charge in [0.05, 0.1) is 24.6 Å². The van der Waals surface area contributed by atoms with Crippen molar-refractivity contribution in [3.63, 3.8) is 0 Å². The van der Waals surface area contributed by atoms with E-state index < -0.39 is 24.4 Å². The number of anilines is 1. The van der Waals surface area contributed by atoms with Crippen molar-refractivity contribution < 1.29 is 15.3 Å². The number of aliphatic hydroxyl groups is 3. The molecule has 0 radical (unpaired) electrons. The summed E-state index contributed by atoms with van der Waals surface area (Å²) in [6, 6.07) is 0. The quantitative estimate of drug-likeness (QED) is 0.408. The summed E-state index contributed by atoms with van der Waals surface area (Å²) in [7, 11) is 0. The van der Waals surface area contributed by atoms with E-state index in [1.807, 2.05) is 0 Å². The van der Waals surface area contributed by atoms with Crippen LogP contribution in [-0.2, 0) is 6.42 Å². The molecule has 0 saturated carbocycles. The predicted octanol–water partition coefficient (Wildman–Crippen LogP) is -2.45. The lowest BCUT2D eigenvalue weighted by molar-refractivity contribution is -0.0136. The number of fused-ring (bicyclic) bond motifs is 1. The molecule has 9 heteroatoms. The number of nitrogens with one attached hydrogen (secondary N) is 1. The molecule has 0 aliphatic heterocycles. The van der Waals surface area contributed by atoms with E-state index in [9.17, 15) is 15.0 Å². The van der Waals surface area contributed by atoms with Gasteiger partial charge >= 0.3 is 0 Å². The van der Waals surface area contributed by atoms with Crippen LogP contribution < -0.4 is 11.3 Å². The maximum atomic E-state index is 11.6. The van der Waals surface area contributed by atoms with Crippen LogP contribution in [0, 0.1) is 0 Å². The van der Waals surface area contributed by atoms with E-state index in [2.05, 4.69) is 19.9 Å². The van der Waals surface area contributed by atoms with Crippen LogP contribution in [-0.4, -0.2) is 54.1 Å². The van der Waals surface area contributed by atoms with Crippen LogP contribution in [0.15, 0.2) is 11.0 Å². The van der Waals surface area contributed by atoms with Gasteiger partial charge < -0.3 is 21.1 Å². The average molecular weight is 267 g/mol. The molecule has 19 heavy (non-hydrogen) atoms. The van der Waals surface area contributed by atoms with Crippen LogP contribution in [0.25, 0.3) is 11.2 Å². The fourth-order valence-corrected chi connectivity index (χ4v) is 1.54. The molecule has 2 aromatic rings. The maximum absolute atomic E-state index is 11.6. The minimum absolute atomic E-state index is 0.00242. The van der Waals surface area contributed by atoms with Gasteiger partial charge in [-0.2, -0.15) is 4.98 Å². The zero-order valence-electron chi connectivity index (χ0n) is 9.82. The van der Waals surface area contributed by atoms with Crippen molar-refractivity contribution >= 4 is 17.1 Å². The predicted molar refractivity (Wildman–Crippen MR) is 65.2 cm³/mol. The summed E-state index contributed by atoms with van der Waals surface area (Å²) >= 11 is 0. The lowest BCUT2D eigenvalue weighted by atomic mass is 10.1. The summed E-state index contributed by atoms with van der Waals surface area (Å²) in [5.74, 6) is -0.0599. The topological polar surface area (TPSA) is 158 Å². The lowest BCUT2D eigenvalue weighted by Crippen LogP contribution is -2.31. The Bertz CT molecular complexity index is 643. The molecule has 0 spiro atoms. The second-order valence-corrected chi connectivity index (χ2v) is 4.01. The minimum Gasteiger partial charge on any atom is -0.394 e. The lowest BCUT2D eigenvalue weighted by Gasteiger charge is -2.14. The molecule has 0 saturated heterocycles. The van der Waals surface area contributed by atoms with Crippen LogP contribution in [0.1, 0.15) is 5.69 Å². The van der Waals surface area contributed by atoms with Gasteiger partial charge in [0, 0.05) is 6.42 Å². The normalized spacial score (nSPS) is 14.5. The first kappa shape index (κ1) is 13.3. The number of hydrogen-bond donors (Lipinski definition) is 5. The van der Waals surface area contributed by atoms with Crippen LogP contribution in [0.4, 0.5) is 5.95 Å². The molecule has 2 aromatic heterocycles. The molecular formula is C10H13N5O4. The molecule has 2 rings (SSSR count). The fraction of sp³-hybridized carbons (Fsp3) is 0.400. The molecule has 102 valence electrons. The fourth-order valence-electron chi connectivity index (χ4n) is 1.54. The number of aromatic nitrogens is 4. The SMILES string of the molecule is Nc1nc2ncc(C[C@H](O)[C@@H](O)CO)nc2c(=O)[nH]1. The number of aliphatic hydroxyl groups excluding tert-OH is 3. The van der Waals surface area contributed by atoms with Crippen molar-refractivity contribution in [1.29, 1.82) is 0 Å². The number of H-pyrrole nitrogens is 1. The largest absolute Gasteiger partial charge is 0.394 e. The molecular weight excluding hydrogens is 254 g/mol. The van der Waals surface area contributed by atoms with Crippen molar-refractivity contribution in [3.05, 3.63) is 22.2 Å². The van der Waals surface area contributed by atoms with Crippen LogP contribution in [0.2, 0.25) is 0 Å². The third-order valence-electron chi connectivity index (χ3n) is 2.54. The summed E-state index contributed by atoms with van der Waals surface area (Å²) < 4.78 is 0. The summed E-state index contributed by atoms with van der Waals surface area (Å²) in [5, 5.41) is 27.5. The smallest absolute Gasteiger partial charge is 0.280 e. The Morgan fingerprint density at radius 1 is 1.32 bits per heavy atom. The molecule has 0 aromatic carbocycles. The first-order valence-corrected chi connectivity index (χ1v) is 5.49. The summed E-state index contributed by atoms with van der Waals surface area (Å²) in [6.45, 7) is -0.569. The number of hydrogen-bond acceptors (Lipinski definition) is 8. The molecule has 2 atom stereocenters.